The van der Waals surface area contributed by atoms with Crippen LogP contribution >= 0.6 is 27.5 Å². The van der Waals surface area contributed by atoms with E-state index in [0.717, 1.165) is 11.1 Å². The standard InChI is InChI=1S/C26H21BrClNO7/c1-14-5-3-7-16(11-14)25(33)35-21(23(30)29-18-9-10-19(27)20(28)13-18)22(24(31)32)36-26(34)17-8-4-6-15(2)12-17/h3-13,21-22H,1-2H3,(H,29,30)(H,31,32)/t21-,22-/m1/s1. The molecule has 0 unspecified atom stereocenters. The highest BCUT2D eigenvalue weighted by molar-refractivity contribution is 9.10. The van der Waals surface area contributed by atoms with E-state index in [1.54, 1.807) is 44.2 Å². The molecule has 0 bridgehead atoms. The van der Waals surface area contributed by atoms with Gasteiger partial charge in [-0.05, 0) is 72.2 Å². The summed E-state index contributed by atoms with van der Waals surface area (Å²) in [5, 5.41) is 12.6. The Kier molecular flexibility index (Phi) is 8.84. The first-order valence-electron chi connectivity index (χ1n) is 10.6. The highest BCUT2D eigenvalue weighted by Crippen LogP contribution is 2.26. The lowest BCUT2D eigenvalue weighted by atomic mass is 10.1. The highest BCUT2D eigenvalue weighted by Gasteiger charge is 2.41. The summed E-state index contributed by atoms with van der Waals surface area (Å²) in [5.74, 6) is -4.67. The predicted molar refractivity (Wildman–Crippen MR) is 136 cm³/mol. The average molecular weight is 575 g/mol. The zero-order valence-electron chi connectivity index (χ0n) is 19.2. The minimum Gasteiger partial charge on any atom is -0.478 e. The van der Waals surface area contributed by atoms with Crippen molar-refractivity contribution in [3.8, 4) is 0 Å². The number of nitrogens with one attached hydrogen (secondary N) is 1. The fourth-order valence-electron chi connectivity index (χ4n) is 3.19. The lowest BCUT2D eigenvalue weighted by Crippen LogP contribution is -2.48. The van der Waals surface area contributed by atoms with Crippen molar-refractivity contribution >= 4 is 57.0 Å². The predicted octanol–water partition coefficient (Wildman–Crippen LogP) is 5.19. The minimum absolute atomic E-state index is 0.0742. The number of anilines is 1. The molecule has 1 amide bonds. The van der Waals surface area contributed by atoms with E-state index in [0.29, 0.717) is 4.47 Å². The van der Waals surface area contributed by atoms with Crippen LogP contribution in [0.5, 0.6) is 0 Å². The monoisotopic (exact) mass is 573 g/mol. The van der Waals surface area contributed by atoms with Crippen LogP contribution in [0, 0.1) is 13.8 Å². The summed E-state index contributed by atoms with van der Waals surface area (Å²) in [5.41, 5.74) is 1.86. The molecule has 36 heavy (non-hydrogen) atoms. The number of carboxylic acid groups (broad SMARTS) is 1. The van der Waals surface area contributed by atoms with Crippen LogP contribution in [0.1, 0.15) is 31.8 Å². The zero-order valence-corrected chi connectivity index (χ0v) is 21.5. The smallest absolute Gasteiger partial charge is 0.349 e. The molecule has 0 aliphatic heterocycles. The Labute approximate surface area is 220 Å². The molecule has 2 N–H and O–H groups in total. The molecular formula is C26H21BrClNO7. The fourth-order valence-corrected chi connectivity index (χ4v) is 3.62. The molecular weight excluding hydrogens is 554 g/mol. The molecule has 0 aliphatic rings. The Hall–Kier alpha value is -3.69. The molecule has 3 aromatic rings. The zero-order chi connectivity index (χ0) is 26.4. The van der Waals surface area contributed by atoms with Gasteiger partial charge in [0.2, 0.25) is 12.2 Å². The number of carbonyl (C=O) groups excluding carboxylic acids is 3. The maximum Gasteiger partial charge on any atom is 0.349 e. The first kappa shape index (κ1) is 26.9. The molecule has 186 valence electrons. The number of rotatable bonds is 8. The number of carboxylic acids is 1. The molecule has 10 heteroatoms. The molecule has 8 nitrogen and oxygen atoms in total. The van der Waals surface area contributed by atoms with Crippen molar-refractivity contribution in [3.05, 3.63) is 98.5 Å². The first-order valence-corrected chi connectivity index (χ1v) is 11.8. The third-order valence-corrected chi connectivity index (χ3v) is 6.17. The van der Waals surface area contributed by atoms with Crippen molar-refractivity contribution in [2.24, 2.45) is 0 Å². The quantitative estimate of drug-likeness (QED) is 0.355. The van der Waals surface area contributed by atoms with Crippen molar-refractivity contribution in [2.45, 2.75) is 26.1 Å². The minimum atomic E-state index is -2.14. The van der Waals surface area contributed by atoms with Crippen molar-refractivity contribution in [2.75, 3.05) is 5.32 Å². The average Bonchev–Trinajstić information content (AvgIpc) is 2.83. The second-order valence-corrected chi connectivity index (χ2v) is 9.11. The number of aliphatic carboxylic acids is 1. The molecule has 0 saturated carbocycles. The third kappa shape index (κ3) is 6.93. The van der Waals surface area contributed by atoms with Crippen molar-refractivity contribution in [1.82, 2.24) is 0 Å². The number of amides is 1. The van der Waals surface area contributed by atoms with Gasteiger partial charge in [0.15, 0.2) is 0 Å². The van der Waals surface area contributed by atoms with Gasteiger partial charge in [0.1, 0.15) is 0 Å². The van der Waals surface area contributed by atoms with Crippen molar-refractivity contribution < 1.29 is 33.8 Å². The van der Waals surface area contributed by atoms with E-state index in [9.17, 15) is 24.3 Å². The third-order valence-electron chi connectivity index (χ3n) is 4.94. The molecule has 3 aromatic carbocycles. The van der Waals surface area contributed by atoms with Gasteiger partial charge in [0, 0.05) is 10.2 Å². The van der Waals surface area contributed by atoms with Gasteiger partial charge in [-0.25, -0.2) is 14.4 Å². The lowest BCUT2D eigenvalue weighted by Gasteiger charge is -2.23. The van der Waals surface area contributed by atoms with Crippen LogP contribution in [0.3, 0.4) is 0 Å². The van der Waals surface area contributed by atoms with E-state index in [1.165, 1.54) is 36.4 Å². The van der Waals surface area contributed by atoms with Crippen molar-refractivity contribution in [3.63, 3.8) is 0 Å². The van der Waals surface area contributed by atoms with Crippen LogP contribution in [-0.4, -0.2) is 41.1 Å². The van der Waals surface area contributed by atoms with Crippen LogP contribution in [0.4, 0.5) is 5.69 Å². The SMILES string of the molecule is Cc1cccc(C(=O)O[C@@H](C(=O)O)[C@@H](OC(=O)c2cccc(C)c2)C(=O)Nc2ccc(Br)c(Cl)c2)c1. The molecule has 0 fully saturated rings. The van der Waals surface area contributed by atoms with E-state index in [2.05, 4.69) is 21.2 Å². The molecule has 3 rings (SSSR count). The normalized spacial score (nSPS) is 12.2. The second kappa shape index (κ2) is 11.8. The van der Waals surface area contributed by atoms with Crippen LogP contribution < -0.4 is 5.32 Å². The summed E-state index contributed by atoms with van der Waals surface area (Å²) in [7, 11) is 0. The van der Waals surface area contributed by atoms with Gasteiger partial charge in [-0.2, -0.15) is 0 Å². The Balaban J connectivity index is 1.93. The Morgan fingerprint density at radius 2 is 1.36 bits per heavy atom. The second-order valence-electron chi connectivity index (χ2n) is 7.85. The largest absolute Gasteiger partial charge is 0.478 e. The van der Waals surface area contributed by atoms with Gasteiger partial charge < -0.3 is 19.9 Å². The van der Waals surface area contributed by atoms with Gasteiger partial charge in [-0.3, -0.25) is 4.79 Å². The lowest BCUT2D eigenvalue weighted by molar-refractivity contribution is -0.157. The molecule has 0 aliphatic carbocycles. The van der Waals surface area contributed by atoms with Gasteiger partial charge in [-0.1, -0.05) is 47.0 Å². The van der Waals surface area contributed by atoms with Crippen molar-refractivity contribution in [1.29, 1.82) is 0 Å². The summed E-state index contributed by atoms with van der Waals surface area (Å²) >= 11 is 9.31. The summed E-state index contributed by atoms with van der Waals surface area (Å²) in [6, 6.07) is 17.1. The first-order chi connectivity index (χ1) is 17.0. The van der Waals surface area contributed by atoms with E-state index < -0.39 is 36.0 Å². The molecule has 0 aromatic heterocycles. The van der Waals surface area contributed by atoms with E-state index in [1.807, 2.05) is 0 Å². The maximum absolute atomic E-state index is 13.2. The topological polar surface area (TPSA) is 119 Å². The van der Waals surface area contributed by atoms with Crippen LogP contribution in [0.15, 0.2) is 71.2 Å². The van der Waals surface area contributed by atoms with E-state index in [4.69, 9.17) is 21.1 Å². The van der Waals surface area contributed by atoms with Crippen LogP contribution in [0.25, 0.3) is 0 Å². The maximum atomic E-state index is 13.2. The Morgan fingerprint density at radius 3 is 1.83 bits per heavy atom. The molecule has 2 atom stereocenters. The molecule has 0 spiro atoms. The van der Waals surface area contributed by atoms with Gasteiger partial charge in [0.25, 0.3) is 5.91 Å². The molecule has 0 saturated heterocycles. The number of ether oxygens (including phenoxy) is 2. The van der Waals surface area contributed by atoms with Crippen LogP contribution in [0.2, 0.25) is 5.02 Å². The number of carbonyl (C=O) groups is 4. The molecule has 0 heterocycles. The van der Waals surface area contributed by atoms with E-state index in [-0.39, 0.29) is 21.8 Å². The summed E-state index contributed by atoms with van der Waals surface area (Å²) in [6.45, 7) is 3.50. The number of benzene rings is 3. The number of hydrogen-bond donors (Lipinski definition) is 2. The van der Waals surface area contributed by atoms with Gasteiger partial charge in [0.05, 0.1) is 16.1 Å². The number of hydrogen-bond acceptors (Lipinski definition) is 6. The summed E-state index contributed by atoms with van der Waals surface area (Å²) in [4.78, 5) is 50.8. The Morgan fingerprint density at radius 1 is 0.833 bits per heavy atom. The molecule has 0 radical (unpaired) electrons. The summed E-state index contributed by atoms with van der Waals surface area (Å²) < 4.78 is 11.0. The number of aryl methyl sites for hydroxylation is 2. The number of esters is 2. The summed E-state index contributed by atoms with van der Waals surface area (Å²) in [6.07, 6.45) is -4.16. The Bertz CT molecular complexity index is 1330. The highest BCUT2D eigenvalue weighted by atomic mass is 79.9. The van der Waals surface area contributed by atoms with Gasteiger partial charge in [-0.15, -0.1) is 0 Å². The van der Waals surface area contributed by atoms with E-state index >= 15 is 0 Å². The van der Waals surface area contributed by atoms with Crippen LogP contribution in [-0.2, 0) is 19.1 Å². The fraction of sp³-hybridized carbons (Fsp3) is 0.154. The van der Waals surface area contributed by atoms with Gasteiger partial charge >= 0.3 is 17.9 Å². The number of halogens is 2.